The topological polar surface area (TPSA) is 75.4 Å². The molecule has 6 nitrogen and oxygen atoms in total. The maximum Gasteiger partial charge on any atom is 0.231 e. The zero-order valence-corrected chi connectivity index (χ0v) is 13.7. The number of hydrogen-bond acceptors (Lipinski definition) is 4. The zero-order valence-electron chi connectivity index (χ0n) is 13.7. The first-order valence-electron chi connectivity index (χ1n) is 8.19. The van der Waals surface area contributed by atoms with Crippen molar-refractivity contribution in [3.8, 4) is 0 Å². The van der Waals surface area contributed by atoms with E-state index in [1.807, 2.05) is 30.0 Å². The molecule has 1 aromatic carbocycles. The van der Waals surface area contributed by atoms with E-state index in [4.69, 9.17) is 4.52 Å². The highest BCUT2D eigenvalue weighted by molar-refractivity contribution is 6.05. The first-order chi connectivity index (χ1) is 11.5. The number of carbonyl (C=O) groups is 2. The molecule has 0 radical (unpaired) electrons. The van der Waals surface area contributed by atoms with Gasteiger partial charge in [-0.2, -0.15) is 0 Å². The highest BCUT2D eigenvalue weighted by atomic mass is 16.5. The Hall–Kier alpha value is -2.63. The third kappa shape index (κ3) is 2.48. The number of anilines is 2. The fraction of sp³-hybridized carbons (Fsp3) is 0.389. The van der Waals surface area contributed by atoms with Gasteiger partial charge >= 0.3 is 0 Å². The Balaban J connectivity index is 1.44. The van der Waals surface area contributed by atoms with Crippen LogP contribution in [0.3, 0.4) is 0 Å². The van der Waals surface area contributed by atoms with Gasteiger partial charge in [-0.25, -0.2) is 0 Å². The van der Waals surface area contributed by atoms with Crippen molar-refractivity contribution in [3.63, 3.8) is 0 Å². The van der Waals surface area contributed by atoms with Crippen LogP contribution >= 0.6 is 0 Å². The van der Waals surface area contributed by atoms with Crippen molar-refractivity contribution in [1.29, 1.82) is 0 Å². The number of amides is 2. The quantitative estimate of drug-likeness (QED) is 0.941. The molecule has 1 aliphatic carbocycles. The van der Waals surface area contributed by atoms with Gasteiger partial charge in [0.25, 0.3) is 0 Å². The number of carbonyl (C=O) groups excluding carboxylic acids is 2. The predicted molar refractivity (Wildman–Crippen MR) is 88.6 cm³/mol. The summed E-state index contributed by atoms with van der Waals surface area (Å²) in [6, 6.07) is 9.77. The summed E-state index contributed by atoms with van der Waals surface area (Å²) in [5.41, 5.74) is 2.17. The van der Waals surface area contributed by atoms with Gasteiger partial charge in [0.1, 0.15) is 5.76 Å². The third-order valence-electron chi connectivity index (χ3n) is 4.77. The highest BCUT2D eigenvalue weighted by Gasteiger charge is 2.51. The number of rotatable bonds is 3. The lowest BCUT2D eigenvalue weighted by molar-refractivity contribution is -0.123. The Morgan fingerprint density at radius 1 is 1.29 bits per heavy atom. The monoisotopic (exact) mass is 325 g/mol. The number of aryl methyl sites for hydroxylation is 1. The molecule has 0 spiro atoms. The van der Waals surface area contributed by atoms with Gasteiger partial charge in [-0.1, -0.05) is 23.4 Å². The van der Waals surface area contributed by atoms with Crippen molar-refractivity contribution in [2.45, 2.75) is 32.7 Å². The molecule has 4 rings (SSSR count). The van der Waals surface area contributed by atoms with E-state index in [2.05, 4.69) is 16.5 Å². The second-order valence-corrected chi connectivity index (χ2v) is 6.65. The average Bonchev–Trinajstić information content (AvgIpc) is 3.15. The number of aromatic nitrogens is 1. The van der Waals surface area contributed by atoms with Crippen LogP contribution in [0.1, 0.15) is 24.7 Å². The van der Waals surface area contributed by atoms with E-state index in [9.17, 15) is 9.59 Å². The maximum absolute atomic E-state index is 12.9. The summed E-state index contributed by atoms with van der Waals surface area (Å²) in [5.74, 6) is 0.387. The molecular weight excluding hydrogens is 306 g/mol. The van der Waals surface area contributed by atoms with Crippen LogP contribution in [-0.4, -0.2) is 23.0 Å². The average molecular weight is 325 g/mol. The van der Waals surface area contributed by atoms with Crippen LogP contribution in [0.2, 0.25) is 0 Å². The molecule has 124 valence electrons. The molecule has 1 aliphatic heterocycles. The van der Waals surface area contributed by atoms with Crippen LogP contribution < -0.4 is 10.2 Å². The molecule has 2 aliphatic rings. The lowest BCUT2D eigenvalue weighted by Crippen LogP contribution is -2.37. The predicted octanol–water partition coefficient (Wildman–Crippen LogP) is 2.54. The van der Waals surface area contributed by atoms with E-state index in [-0.39, 0.29) is 29.7 Å². The minimum Gasteiger partial charge on any atom is -0.360 e. The number of nitrogens with zero attached hydrogens (tertiary/aromatic N) is 2. The molecule has 1 saturated carbocycles. The second-order valence-electron chi connectivity index (χ2n) is 6.65. The van der Waals surface area contributed by atoms with E-state index in [0.29, 0.717) is 18.0 Å². The Kier molecular flexibility index (Phi) is 3.40. The largest absolute Gasteiger partial charge is 0.360 e. The first-order valence-corrected chi connectivity index (χ1v) is 8.19. The molecule has 1 fully saturated rings. The molecule has 2 heterocycles. The highest BCUT2D eigenvalue weighted by Crippen LogP contribution is 2.44. The first kappa shape index (κ1) is 14.9. The van der Waals surface area contributed by atoms with Gasteiger partial charge in [-0.05, 0) is 38.3 Å². The Morgan fingerprint density at radius 2 is 2.08 bits per heavy atom. The minimum absolute atomic E-state index is 0.0453. The molecule has 3 atom stereocenters. The van der Waals surface area contributed by atoms with Gasteiger partial charge in [0.05, 0.1) is 11.8 Å². The number of nitrogens with one attached hydrogen (secondary N) is 1. The lowest BCUT2D eigenvalue weighted by atomic mass is 10.1. The van der Waals surface area contributed by atoms with Gasteiger partial charge in [-0.15, -0.1) is 0 Å². The van der Waals surface area contributed by atoms with Gasteiger partial charge in [0, 0.05) is 17.8 Å². The van der Waals surface area contributed by atoms with Crippen molar-refractivity contribution < 1.29 is 14.1 Å². The molecule has 24 heavy (non-hydrogen) atoms. The van der Waals surface area contributed by atoms with Crippen LogP contribution in [-0.2, 0) is 16.0 Å². The van der Waals surface area contributed by atoms with E-state index in [1.165, 1.54) is 5.56 Å². The second kappa shape index (κ2) is 5.47. The number of fused-ring (bicyclic) bond motifs is 1. The Bertz CT molecular complexity index is 813. The molecule has 6 heteroatoms. The smallest absolute Gasteiger partial charge is 0.231 e. The number of para-hydroxylation sites is 1. The van der Waals surface area contributed by atoms with E-state index >= 15 is 0 Å². The molecule has 1 aromatic heterocycles. The van der Waals surface area contributed by atoms with Crippen molar-refractivity contribution >= 4 is 23.3 Å². The number of benzene rings is 1. The van der Waals surface area contributed by atoms with E-state index in [1.54, 1.807) is 13.0 Å². The van der Waals surface area contributed by atoms with Crippen LogP contribution in [0, 0.1) is 18.8 Å². The van der Waals surface area contributed by atoms with Crippen LogP contribution in [0.5, 0.6) is 0 Å². The SMILES string of the molecule is Cc1cc(NC(=O)C2CC2C(=O)N2c3ccccc3CC2C)no1. The Labute approximate surface area is 139 Å². The molecule has 1 N–H and O–H groups in total. The molecule has 2 amide bonds. The van der Waals surface area contributed by atoms with Gasteiger partial charge in [0.2, 0.25) is 11.8 Å². The van der Waals surface area contributed by atoms with Crippen molar-refractivity contribution in [2.75, 3.05) is 10.2 Å². The number of hydrogen-bond donors (Lipinski definition) is 1. The summed E-state index contributed by atoms with van der Waals surface area (Å²) in [4.78, 5) is 27.0. The van der Waals surface area contributed by atoms with Crippen LogP contribution in [0.25, 0.3) is 0 Å². The third-order valence-corrected chi connectivity index (χ3v) is 4.77. The normalized spacial score (nSPS) is 24.6. The summed E-state index contributed by atoms with van der Waals surface area (Å²) in [6.45, 7) is 3.81. The van der Waals surface area contributed by atoms with Crippen molar-refractivity contribution in [1.82, 2.24) is 5.16 Å². The summed E-state index contributed by atoms with van der Waals surface area (Å²) in [7, 11) is 0. The van der Waals surface area contributed by atoms with E-state index < -0.39 is 0 Å². The molecule has 0 bridgehead atoms. The van der Waals surface area contributed by atoms with Gasteiger partial charge in [0.15, 0.2) is 5.82 Å². The zero-order chi connectivity index (χ0) is 16.8. The van der Waals surface area contributed by atoms with Crippen molar-refractivity contribution in [2.24, 2.45) is 11.8 Å². The summed E-state index contributed by atoms with van der Waals surface area (Å²) in [5, 5.41) is 6.47. The van der Waals surface area contributed by atoms with Crippen LogP contribution in [0.4, 0.5) is 11.5 Å². The Morgan fingerprint density at radius 3 is 2.83 bits per heavy atom. The summed E-state index contributed by atoms with van der Waals surface area (Å²) < 4.78 is 4.93. The van der Waals surface area contributed by atoms with Crippen LogP contribution in [0.15, 0.2) is 34.9 Å². The van der Waals surface area contributed by atoms with Gasteiger partial charge in [-0.3, -0.25) is 9.59 Å². The molecule has 0 saturated heterocycles. The van der Waals surface area contributed by atoms with Crippen molar-refractivity contribution in [3.05, 3.63) is 41.7 Å². The fourth-order valence-corrected chi connectivity index (χ4v) is 3.48. The standard InChI is InChI=1S/C18H19N3O3/c1-10-7-12-5-3-4-6-15(12)21(10)18(23)14-9-13(14)17(22)19-16-8-11(2)24-20-16/h3-6,8,10,13-14H,7,9H2,1-2H3,(H,19,20,22). The molecule has 2 aromatic rings. The fourth-order valence-electron chi connectivity index (χ4n) is 3.48. The van der Waals surface area contributed by atoms with Gasteiger partial charge < -0.3 is 14.7 Å². The summed E-state index contributed by atoms with van der Waals surface area (Å²) >= 11 is 0. The summed E-state index contributed by atoms with van der Waals surface area (Å²) in [6.07, 6.45) is 1.45. The maximum atomic E-state index is 12.9. The van der Waals surface area contributed by atoms with E-state index in [0.717, 1.165) is 12.1 Å². The molecular formula is C18H19N3O3. The molecule has 3 unspecified atom stereocenters. The lowest BCUT2D eigenvalue weighted by Gasteiger charge is -2.22. The minimum atomic E-state index is -0.283.